The minimum atomic E-state index is -0.709. The van der Waals surface area contributed by atoms with Crippen molar-refractivity contribution >= 4 is 51.6 Å². The summed E-state index contributed by atoms with van der Waals surface area (Å²) < 4.78 is 0. The number of barbiturate groups is 1. The van der Waals surface area contributed by atoms with Gasteiger partial charge in [-0.25, -0.2) is 4.79 Å². The first kappa shape index (κ1) is 21.8. The van der Waals surface area contributed by atoms with Crippen LogP contribution < -0.4 is 10.2 Å². The van der Waals surface area contributed by atoms with Gasteiger partial charge in [0.15, 0.2) is 0 Å². The van der Waals surface area contributed by atoms with Gasteiger partial charge in [0.1, 0.15) is 10.6 Å². The first-order valence-corrected chi connectivity index (χ1v) is 12.4. The maximum absolute atomic E-state index is 12.7. The molecule has 6 nitrogen and oxygen atoms in total. The molecule has 1 fully saturated rings. The van der Waals surface area contributed by atoms with Crippen molar-refractivity contribution in [3.05, 3.63) is 81.2 Å². The molecule has 0 saturated carbocycles. The van der Waals surface area contributed by atoms with Gasteiger partial charge in [-0.2, -0.15) is 0 Å². The number of imide groups is 2. The van der Waals surface area contributed by atoms with E-state index in [1.165, 1.54) is 29.4 Å². The molecule has 1 aromatic heterocycles. The van der Waals surface area contributed by atoms with Crippen LogP contribution in [0.3, 0.4) is 0 Å². The number of hydrogen-bond donors (Lipinski definition) is 1. The Morgan fingerprint density at radius 1 is 0.857 bits per heavy atom. The van der Waals surface area contributed by atoms with Crippen molar-refractivity contribution in [2.45, 2.75) is 38.5 Å². The maximum atomic E-state index is 12.7. The SMILES string of the molecule is CN1C(=O)NC(=O)/C(=C/c2cc3c(s2)N2c4ccccc4C(C)(C)c4cccc(c42)C3(C)C)C1=O. The number of amides is 4. The lowest BCUT2D eigenvalue weighted by Crippen LogP contribution is -2.52. The third-order valence-electron chi connectivity index (χ3n) is 7.62. The Kier molecular flexibility index (Phi) is 4.31. The molecule has 3 aliphatic rings. The number of thiophene rings is 1. The normalized spacial score (nSPS) is 20.4. The molecule has 0 bridgehead atoms. The number of likely N-dealkylation sites (N-methyl/N-ethyl adjacent to an activating group) is 1. The van der Waals surface area contributed by atoms with Crippen molar-refractivity contribution in [2.24, 2.45) is 0 Å². The van der Waals surface area contributed by atoms with Gasteiger partial charge in [-0.3, -0.25) is 19.8 Å². The highest BCUT2D eigenvalue weighted by atomic mass is 32.1. The zero-order valence-electron chi connectivity index (χ0n) is 20.2. The summed E-state index contributed by atoms with van der Waals surface area (Å²) in [5.41, 5.74) is 6.81. The second-order valence-corrected chi connectivity index (χ2v) is 11.4. The van der Waals surface area contributed by atoms with E-state index in [1.54, 1.807) is 17.4 Å². The van der Waals surface area contributed by atoms with E-state index in [2.05, 4.69) is 86.4 Å². The molecule has 3 aliphatic heterocycles. The Labute approximate surface area is 207 Å². The largest absolute Gasteiger partial charge is 0.331 e. The summed E-state index contributed by atoms with van der Waals surface area (Å²) in [5, 5.41) is 3.31. The maximum Gasteiger partial charge on any atom is 0.331 e. The number of para-hydroxylation sites is 2. The van der Waals surface area contributed by atoms with Gasteiger partial charge in [0.05, 0.1) is 11.4 Å². The minimum absolute atomic E-state index is 0.0399. The average Bonchev–Trinajstić information content (AvgIpc) is 3.25. The summed E-state index contributed by atoms with van der Waals surface area (Å²) in [5.74, 6) is -1.26. The number of hydrogen-bond acceptors (Lipinski definition) is 5. The van der Waals surface area contributed by atoms with Crippen LogP contribution in [0.25, 0.3) is 6.08 Å². The number of anilines is 3. The van der Waals surface area contributed by atoms with Crippen LogP contribution in [0.2, 0.25) is 0 Å². The smallest absolute Gasteiger partial charge is 0.301 e. The number of rotatable bonds is 1. The molecule has 0 atom stereocenters. The van der Waals surface area contributed by atoms with E-state index in [0.717, 1.165) is 26.0 Å². The Bertz CT molecular complexity index is 1510. The quantitative estimate of drug-likeness (QED) is 0.362. The highest BCUT2D eigenvalue weighted by Crippen LogP contribution is 2.61. The van der Waals surface area contributed by atoms with Gasteiger partial charge in [0.25, 0.3) is 11.8 Å². The van der Waals surface area contributed by atoms with Crippen molar-refractivity contribution in [1.29, 1.82) is 0 Å². The molecule has 0 spiro atoms. The molecule has 1 N–H and O–H groups in total. The molecule has 1 saturated heterocycles. The van der Waals surface area contributed by atoms with Crippen LogP contribution in [0.5, 0.6) is 0 Å². The van der Waals surface area contributed by atoms with Crippen molar-refractivity contribution in [2.75, 3.05) is 11.9 Å². The van der Waals surface area contributed by atoms with E-state index in [4.69, 9.17) is 0 Å². The third kappa shape index (κ3) is 2.79. The van der Waals surface area contributed by atoms with Gasteiger partial charge in [0.2, 0.25) is 0 Å². The molecule has 0 unspecified atom stereocenters. The number of carbonyl (C=O) groups is 3. The van der Waals surface area contributed by atoms with Gasteiger partial charge in [-0.15, -0.1) is 11.3 Å². The Hall–Kier alpha value is -3.71. The summed E-state index contributed by atoms with van der Waals surface area (Å²) in [6, 6.07) is 16.4. The van der Waals surface area contributed by atoms with Gasteiger partial charge < -0.3 is 4.90 Å². The fourth-order valence-electron chi connectivity index (χ4n) is 5.58. The van der Waals surface area contributed by atoms with Gasteiger partial charge in [-0.1, -0.05) is 64.1 Å². The molecule has 0 radical (unpaired) electrons. The molecule has 6 rings (SSSR count). The monoisotopic (exact) mass is 483 g/mol. The van der Waals surface area contributed by atoms with Gasteiger partial charge in [0, 0.05) is 22.8 Å². The Balaban J connectivity index is 1.59. The van der Waals surface area contributed by atoms with Crippen LogP contribution >= 0.6 is 11.3 Å². The molecular weight excluding hydrogens is 458 g/mol. The first-order chi connectivity index (χ1) is 16.5. The van der Waals surface area contributed by atoms with Gasteiger partial charge in [-0.05, 0) is 40.5 Å². The Morgan fingerprint density at radius 2 is 1.49 bits per heavy atom. The fourth-order valence-corrected chi connectivity index (χ4v) is 6.87. The highest BCUT2D eigenvalue weighted by Gasteiger charge is 2.46. The number of carbonyl (C=O) groups excluding carboxylic acids is 3. The van der Waals surface area contributed by atoms with Crippen molar-refractivity contribution in [3.63, 3.8) is 0 Å². The van der Waals surface area contributed by atoms with Crippen molar-refractivity contribution < 1.29 is 14.4 Å². The molecule has 7 heteroatoms. The lowest BCUT2D eigenvalue weighted by Gasteiger charge is -2.48. The molecule has 35 heavy (non-hydrogen) atoms. The molecule has 0 aliphatic carbocycles. The first-order valence-electron chi connectivity index (χ1n) is 11.6. The van der Waals surface area contributed by atoms with Crippen LogP contribution in [-0.4, -0.2) is 29.8 Å². The van der Waals surface area contributed by atoms with E-state index < -0.39 is 17.8 Å². The number of nitrogens with one attached hydrogen (secondary N) is 1. The predicted octanol–water partition coefficient (Wildman–Crippen LogP) is 5.59. The fraction of sp³-hybridized carbons (Fsp3) is 0.250. The number of benzene rings is 2. The van der Waals surface area contributed by atoms with Crippen LogP contribution in [0.15, 0.2) is 54.1 Å². The second kappa shape index (κ2) is 6.92. The summed E-state index contributed by atoms with van der Waals surface area (Å²) in [6.07, 6.45) is 1.60. The van der Waals surface area contributed by atoms with Crippen LogP contribution in [-0.2, 0) is 20.4 Å². The van der Waals surface area contributed by atoms with Crippen molar-refractivity contribution in [3.8, 4) is 0 Å². The summed E-state index contributed by atoms with van der Waals surface area (Å²) in [7, 11) is 1.37. The van der Waals surface area contributed by atoms with Crippen LogP contribution in [0, 0.1) is 0 Å². The summed E-state index contributed by atoms with van der Waals surface area (Å²) >= 11 is 1.55. The van der Waals surface area contributed by atoms with E-state index in [0.29, 0.717) is 0 Å². The minimum Gasteiger partial charge on any atom is -0.301 e. The summed E-state index contributed by atoms with van der Waals surface area (Å²) in [4.78, 5) is 41.0. The Morgan fingerprint density at radius 3 is 2.20 bits per heavy atom. The van der Waals surface area contributed by atoms with Crippen molar-refractivity contribution in [1.82, 2.24) is 10.2 Å². The van der Waals surface area contributed by atoms with E-state index >= 15 is 0 Å². The zero-order chi connectivity index (χ0) is 24.9. The van der Waals surface area contributed by atoms with Crippen LogP contribution in [0.4, 0.5) is 21.2 Å². The van der Waals surface area contributed by atoms with Crippen LogP contribution in [0.1, 0.15) is 54.8 Å². The standard InChI is InChI=1S/C28H25N3O3S/c1-27(2)17-9-6-7-12-21(17)31-22-18(27)10-8-11-19(22)28(3,4)20-14-15(35-25(20)31)13-16-23(32)29-26(34)30(5)24(16)33/h6-14H,1-5H3,(H,29,32,34)/b16-13-. The lowest BCUT2D eigenvalue weighted by molar-refractivity contribution is -0.129. The molecule has 2 aromatic carbocycles. The predicted molar refractivity (Wildman–Crippen MR) is 138 cm³/mol. The number of fused-ring (bicyclic) bond motifs is 4. The molecule has 3 aromatic rings. The van der Waals surface area contributed by atoms with E-state index in [1.807, 2.05) is 0 Å². The second-order valence-electron chi connectivity index (χ2n) is 10.4. The number of nitrogens with zero attached hydrogens (tertiary/aromatic N) is 2. The molecule has 176 valence electrons. The average molecular weight is 484 g/mol. The van der Waals surface area contributed by atoms with Gasteiger partial charge >= 0.3 is 6.03 Å². The van der Waals surface area contributed by atoms with E-state index in [9.17, 15) is 14.4 Å². The van der Waals surface area contributed by atoms with E-state index in [-0.39, 0.29) is 16.4 Å². The highest BCUT2D eigenvalue weighted by molar-refractivity contribution is 7.17. The molecular formula is C28H25N3O3S. The number of urea groups is 1. The molecule has 4 amide bonds. The lowest BCUT2D eigenvalue weighted by atomic mass is 9.67. The summed E-state index contributed by atoms with van der Waals surface area (Å²) in [6.45, 7) is 9.00. The zero-order valence-corrected chi connectivity index (χ0v) is 21.0. The molecule has 4 heterocycles. The topological polar surface area (TPSA) is 69.7 Å². The third-order valence-corrected chi connectivity index (χ3v) is 8.69.